The van der Waals surface area contributed by atoms with Crippen molar-refractivity contribution in [2.45, 2.75) is 39.9 Å². The lowest BCUT2D eigenvalue weighted by atomic mass is 10.0. The molecule has 1 nitrogen and oxygen atoms in total. The average molecular weight is 178 g/mol. The first-order valence-electron chi connectivity index (χ1n) is 5.03. The number of rotatable bonds is 0. The lowest BCUT2D eigenvalue weighted by Crippen LogP contribution is -1.88. The molecule has 0 radical (unpaired) electrons. The Labute approximate surface area is 80.7 Å². The van der Waals surface area contributed by atoms with Gasteiger partial charge in [-0.25, -0.2) is 0 Å². The fraction of sp³-hybridized carbons (Fsp3) is 0.500. The zero-order valence-electron chi connectivity index (χ0n) is 8.87. The van der Waals surface area contributed by atoms with Gasteiger partial charge in [0, 0.05) is 0 Å². The van der Waals surface area contributed by atoms with E-state index in [1.54, 1.807) is 0 Å². The highest BCUT2D eigenvalue weighted by Gasteiger charge is 2.24. The van der Waals surface area contributed by atoms with Gasteiger partial charge in [-0.3, -0.25) is 0 Å². The molecule has 0 spiro atoms. The maximum Gasteiger partial charge on any atom is 0.0808 e. The molecule has 0 aliphatic carbocycles. The van der Waals surface area contributed by atoms with Crippen molar-refractivity contribution < 1.29 is 4.74 Å². The third kappa shape index (κ3) is 1.92. The highest BCUT2D eigenvalue weighted by atomic mass is 16.5. The van der Waals surface area contributed by atoms with E-state index in [1.165, 1.54) is 11.1 Å². The molecule has 72 valence electrons. The van der Waals surface area contributed by atoms with Crippen molar-refractivity contribution in [3.63, 3.8) is 0 Å². The molecule has 1 aromatic rings. The molecule has 1 heterocycles. The molecule has 0 N–H and O–H groups in total. The van der Waals surface area contributed by atoms with Crippen LogP contribution in [-0.2, 0) is 4.74 Å². The van der Waals surface area contributed by atoms with Gasteiger partial charge >= 0.3 is 0 Å². The summed E-state index contributed by atoms with van der Waals surface area (Å²) in [6.07, 6.45) is 0.558. The monoisotopic (exact) mass is 178 g/mol. The van der Waals surface area contributed by atoms with Crippen LogP contribution in [0.2, 0.25) is 0 Å². The van der Waals surface area contributed by atoms with Crippen molar-refractivity contribution in [3.05, 3.63) is 35.4 Å². The maximum absolute atomic E-state index is 5.63. The Morgan fingerprint density at radius 1 is 0.923 bits per heavy atom. The van der Waals surface area contributed by atoms with E-state index in [-0.39, 0.29) is 12.2 Å². The van der Waals surface area contributed by atoms with Gasteiger partial charge in [-0.2, -0.15) is 0 Å². The summed E-state index contributed by atoms with van der Waals surface area (Å²) in [6, 6.07) is 8.42. The molecular formula is C12H18O. The number of hydrogen-bond donors (Lipinski definition) is 0. The largest absolute Gasteiger partial charge is 0.366 e. The zero-order chi connectivity index (χ0) is 9.84. The number of benzene rings is 1. The summed E-state index contributed by atoms with van der Waals surface area (Å²) in [6.45, 7) is 8.20. The second-order valence-corrected chi connectivity index (χ2v) is 3.05. The molecule has 0 fully saturated rings. The van der Waals surface area contributed by atoms with E-state index in [4.69, 9.17) is 4.74 Å². The number of hydrogen-bond acceptors (Lipinski definition) is 1. The van der Waals surface area contributed by atoms with Crippen LogP contribution in [-0.4, -0.2) is 0 Å². The molecule has 2 unspecified atom stereocenters. The van der Waals surface area contributed by atoms with Crippen LogP contribution in [0.3, 0.4) is 0 Å². The fourth-order valence-corrected chi connectivity index (χ4v) is 1.70. The molecule has 1 aromatic carbocycles. The van der Waals surface area contributed by atoms with Gasteiger partial charge in [-0.05, 0) is 25.0 Å². The van der Waals surface area contributed by atoms with Crippen LogP contribution >= 0.6 is 0 Å². The summed E-state index contributed by atoms with van der Waals surface area (Å²) < 4.78 is 5.63. The van der Waals surface area contributed by atoms with Crippen LogP contribution in [0.1, 0.15) is 51.0 Å². The van der Waals surface area contributed by atoms with E-state index in [0.717, 1.165) is 0 Å². The molecule has 2 atom stereocenters. The van der Waals surface area contributed by atoms with Crippen molar-refractivity contribution in [1.82, 2.24) is 0 Å². The minimum atomic E-state index is 0.279. The van der Waals surface area contributed by atoms with E-state index < -0.39 is 0 Å². The van der Waals surface area contributed by atoms with Crippen molar-refractivity contribution in [2.75, 3.05) is 0 Å². The summed E-state index contributed by atoms with van der Waals surface area (Å²) in [5.74, 6) is 0. The van der Waals surface area contributed by atoms with Gasteiger partial charge < -0.3 is 4.74 Å². The standard InChI is InChI=1S/C10H12O.C2H6/c1-7-9-5-3-4-6-10(9)8(2)11-7;1-2/h3-8H,1-2H3;1-2H3. The van der Waals surface area contributed by atoms with Crippen molar-refractivity contribution in [2.24, 2.45) is 0 Å². The van der Waals surface area contributed by atoms with Gasteiger partial charge in [-0.1, -0.05) is 38.1 Å². The molecule has 1 heteroatoms. The second-order valence-electron chi connectivity index (χ2n) is 3.05. The van der Waals surface area contributed by atoms with Gasteiger partial charge in [0.05, 0.1) is 12.2 Å². The fourth-order valence-electron chi connectivity index (χ4n) is 1.70. The lowest BCUT2D eigenvalue weighted by Gasteiger charge is -2.03. The zero-order valence-corrected chi connectivity index (χ0v) is 8.87. The van der Waals surface area contributed by atoms with Gasteiger partial charge in [0.15, 0.2) is 0 Å². The molecular weight excluding hydrogens is 160 g/mol. The van der Waals surface area contributed by atoms with Crippen molar-refractivity contribution >= 4 is 0 Å². The summed E-state index contributed by atoms with van der Waals surface area (Å²) >= 11 is 0. The highest BCUT2D eigenvalue weighted by Crippen LogP contribution is 2.37. The normalized spacial score (nSPS) is 24.6. The molecule has 0 bridgehead atoms. The Hall–Kier alpha value is -0.820. The quantitative estimate of drug-likeness (QED) is 0.586. The van der Waals surface area contributed by atoms with Crippen LogP contribution < -0.4 is 0 Å². The molecule has 0 aromatic heterocycles. The SMILES string of the molecule is CC.CC1OC(C)c2ccccc21. The topological polar surface area (TPSA) is 9.23 Å². The molecule has 0 saturated carbocycles. The van der Waals surface area contributed by atoms with E-state index >= 15 is 0 Å². The van der Waals surface area contributed by atoms with Crippen LogP contribution in [0.4, 0.5) is 0 Å². The van der Waals surface area contributed by atoms with Gasteiger partial charge in [0.1, 0.15) is 0 Å². The molecule has 0 amide bonds. The van der Waals surface area contributed by atoms with Gasteiger partial charge in [0.2, 0.25) is 0 Å². The first-order chi connectivity index (χ1) is 6.29. The van der Waals surface area contributed by atoms with Crippen LogP contribution in [0, 0.1) is 0 Å². The third-order valence-corrected chi connectivity index (χ3v) is 2.28. The van der Waals surface area contributed by atoms with E-state index in [0.29, 0.717) is 0 Å². The van der Waals surface area contributed by atoms with E-state index in [9.17, 15) is 0 Å². The summed E-state index contributed by atoms with van der Waals surface area (Å²) in [4.78, 5) is 0. The third-order valence-electron chi connectivity index (χ3n) is 2.28. The summed E-state index contributed by atoms with van der Waals surface area (Å²) in [7, 11) is 0. The van der Waals surface area contributed by atoms with Crippen LogP contribution in [0.25, 0.3) is 0 Å². The average Bonchev–Trinajstić information content (AvgIpc) is 2.47. The smallest absolute Gasteiger partial charge is 0.0808 e. The summed E-state index contributed by atoms with van der Waals surface area (Å²) in [5, 5.41) is 0. The minimum Gasteiger partial charge on any atom is -0.366 e. The number of ether oxygens (including phenoxy) is 1. The Kier molecular flexibility index (Phi) is 3.49. The first kappa shape index (κ1) is 10.3. The Bertz CT molecular complexity index is 241. The summed E-state index contributed by atoms with van der Waals surface area (Å²) in [5.41, 5.74) is 2.69. The van der Waals surface area contributed by atoms with E-state index in [2.05, 4.69) is 38.1 Å². The van der Waals surface area contributed by atoms with Crippen LogP contribution in [0.15, 0.2) is 24.3 Å². The second kappa shape index (κ2) is 4.43. The van der Waals surface area contributed by atoms with Gasteiger partial charge in [0.25, 0.3) is 0 Å². The predicted molar refractivity (Wildman–Crippen MR) is 55.7 cm³/mol. The van der Waals surface area contributed by atoms with E-state index in [1.807, 2.05) is 13.8 Å². The maximum atomic E-state index is 5.63. The number of fused-ring (bicyclic) bond motifs is 1. The van der Waals surface area contributed by atoms with Gasteiger partial charge in [-0.15, -0.1) is 0 Å². The van der Waals surface area contributed by atoms with Crippen molar-refractivity contribution in [3.8, 4) is 0 Å². The lowest BCUT2D eigenvalue weighted by molar-refractivity contribution is 0.0332. The minimum absolute atomic E-state index is 0.279. The molecule has 1 aliphatic rings. The molecule has 2 rings (SSSR count). The Balaban J connectivity index is 0.000000396. The molecule has 1 aliphatic heterocycles. The first-order valence-corrected chi connectivity index (χ1v) is 5.03. The molecule has 13 heavy (non-hydrogen) atoms. The Morgan fingerprint density at radius 3 is 1.69 bits per heavy atom. The van der Waals surface area contributed by atoms with Crippen LogP contribution in [0.5, 0.6) is 0 Å². The van der Waals surface area contributed by atoms with Crippen molar-refractivity contribution in [1.29, 1.82) is 0 Å². The predicted octanol–water partition coefficient (Wildman–Crippen LogP) is 3.87. The molecule has 0 saturated heterocycles. The highest BCUT2D eigenvalue weighted by molar-refractivity contribution is 5.33. The Morgan fingerprint density at radius 2 is 1.31 bits per heavy atom.